The summed E-state index contributed by atoms with van der Waals surface area (Å²) in [4.78, 5) is 12.5. The minimum atomic E-state index is 0.00398. The number of hydrogen-bond donors (Lipinski definition) is 0. The highest BCUT2D eigenvalue weighted by atomic mass is 16.3. The molecule has 0 radical (unpaired) electrons. The molecule has 0 amide bonds. The van der Waals surface area contributed by atoms with Crippen LogP contribution in [-0.2, 0) is 6.42 Å². The molecule has 2 nitrogen and oxygen atoms in total. The van der Waals surface area contributed by atoms with Crippen molar-refractivity contribution < 1.29 is 9.21 Å². The highest BCUT2D eigenvalue weighted by molar-refractivity contribution is 6.00. The molecule has 2 aliphatic carbocycles. The Kier molecular flexibility index (Phi) is 2.13. The average Bonchev–Trinajstić information content (AvgIpc) is 2.64. The Hall–Kier alpha value is -1.31. The summed E-state index contributed by atoms with van der Waals surface area (Å²) < 4.78 is 5.44. The van der Waals surface area contributed by atoms with Gasteiger partial charge in [0.2, 0.25) is 5.78 Å². The smallest absolute Gasteiger partial charge is 0.205 e. The van der Waals surface area contributed by atoms with Crippen LogP contribution in [0.4, 0.5) is 0 Å². The summed E-state index contributed by atoms with van der Waals surface area (Å²) in [6, 6.07) is 0. The van der Waals surface area contributed by atoms with Crippen LogP contribution in [0.5, 0.6) is 0 Å². The van der Waals surface area contributed by atoms with Crippen molar-refractivity contribution >= 4 is 5.78 Å². The van der Waals surface area contributed by atoms with Crippen molar-refractivity contribution in [3.05, 3.63) is 35.3 Å². The molecular formula is C15H18O2. The van der Waals surface area contributed by atoms with Gasteiger partial charge >= 0.3 is 0 Å². The van der Waals surface area contributed by atoms with Gasteiger partial charge in [-0.1, -0.05) is 26.0 Å². The molecule has 3 unspecified atom stereocenters. The summed E-state index contributed by atoms with van der Waals surface area (Å²) in [5.41, 5.74) is 2.32. The molecule has 0 saturated carbocycles. The number of carbonyl (C=O) groups is 1. The van der Waals surface area contributed by atoms with Crippen molar-refractivity contribution in [3.63, 3.8) is 0 Å². The summed E-state index contributed by atoms with van der Waals surface area (Å²) in [6.45, 7) is 6.53. The van der Waals surface area contributed by atoms with E-state index in [0.29, 0.717) is 11.7 Å². The van der Waals surface area contributed by atoms with Crippen LogP contribution in [0, 0.1) is 24.2 Å². The van der Waals surface area contributed by atoms with E-state index in [2.05, 4.69) is 26.0 Å². The molecule has 2 aliphatic rings. The molecule has 0 N–H and O–H groups in total. The van der Waals surface area contributed by atoms with Gasteiger partial charge in [0, 0.05) is 11.5 Å². The fourth-order valence-corrected chi connectivity index (χ4v) is 3.30. The maximum absolute atomic E-state index is 12.5. The summed E-state index contributed by atoms with van der Waals surface area (Å²) in [5.74, 6) is 1.32. The molecule has 1 heterocycles. The molecule has 1 aromatic rings. The number of aryl methyl sites for hydroxylation is 1. The fourth-order valence-electron chi connectivity index (χ4n) is 3.30. The van der Waals surface area contributed by atoms with Gasteiger partial charge in [0.1, 0.15) is 0 Å². The first-order chi connectivity index (χ1) is 8.04. The van der Waals surface area contributed by atoms with Gasteiger partial charge in [0.15, 0.2) is 5.76 Å². The maximum atomic E-state index is 12.5. The Bertz CT molecular complexity index is 509. The third kappa shape index (κ3) is 1.30. The van der Waals surface area contributed by atoms with E-state index in [9.17, 15) is 4.79 Å². The maximum Gasteiger partial charge on any atom is 0.205 e. The molecule has 3 rings (SSSR count). The van der Waals surface area contributed by atoms with Gasteiger partial charge < -0.3 is 4.42 Å². The standard InChI is InChI=1S/C15H18O2/c1-9-8-17-14-11(9)7-15(3)10(2)5-4-6-12(15)13(14)16/h4,6,8,10,12H,5,7H2,1-3H3. The lowest BCUT2D eigenvalue weighted by Gasteiger charge is -2.45. The van der Waals surface area contributed by atoms with Crippen LogP contribution in [0.15, 0.2) is 22.8 Å². The van der Waals surface area contributed by atoms with Crippen LogP contribution in [0.1, 0.15) is 41.9 Å². The SMILES string of the molecule is Cc1coc2c1CC1(C)C(C)CC=CC1C2=O. The van der Waals surface area contributed by atoms with Crippen LogP contribution >= 0.6 is 0 Å². The topological polar surface area (TPSA) is 30.2 Å². The van der Waals surface area contributed by atoms with E-state index < -0.39 is 0 Å². The highest BCUT2D eigenvalue weighted by Gasteiger charge is 2.49. The number of ketones is 1. The first-order valence-electron chi connectivity index (χ1n) is 6.32. The predicted molar refractivity (Wildman–Crippen MR) is 66.0 cm³/mol. The monoisotopic (exact) mass is 230 g/mol. The quantitative estimate of drug-likeness (QED) is 0.638. The number of fused-ring (bicyclic) bond motifs is 2. The molecule has 0 fully saturated rings. The molecule has 3 atom stereocenters. The van der Waals surface area contributed by atoms with Crippen molar-refractivity contribution in [2.45, 2.75) is 33.6 Å². The van der Waals surface area contributed by atoms with E-state index in [1.165, 1.54) is 0 Å². The molecule has 0 aliphatic heterocycles. The van der Waals surface area contributed by atoms with E-state index in [0.717, 1.165) is 24.0 Å². The molecule has 90 valence electrons. The van der Waals surface area contributed by atoms with E-state index in [1.54, 1.807) is 6.26 Å². The first-order valence-corrected chi connectivity index (χ1v) is 6.32. The highest BCUT2D eigenvalue weighted by Crippen LogP contribution is 2.50. The number of Topliss-reactive ketones (excluding diaryl/α,β-unsaturated/α-hetero) is 1. The zero-order valence-electron chi connectivity index (χ0n) is 10.6. The lowest BCUT2D eigenvalue weighted by atomic mass is 9.57. The lowest BCUT2D eigenvalue weighted by Crippen LogP contribution is -2.44. The second-order valence-electron chi connectivity index (χ2n) is 5.82. The zero-order chi connectivity index (χ0) is 12.2. The molecule has 0 saturated heterocycles. The molecule has 2 heteroatoms. The van der Waals surface area contributed by atoms with Crippen LogP contribution < -0.4 is 0 Å². The predicted octanol–water partition coefficient (Wildman–Crippen LogP) is 3.55. The Labute approximate surface area is 102 Å². The average molecular weight is 230 g/mol. The first kappa shape index (κ1) is 10.8. The summed E-state index contributed by atoms with van der Waals surface area (Å²) >= 11 is 0. The van der Waals surface area contributed by atoms with Crippen LogP contribution in [0.3, 0.4) is 0 Å². The van der Waals surface area contributed by atoms with Crippen molar-refractivity contribution in [2.24, 2.45) is 17.3 Å². The third-order valence-corrected chi connectivity index (χ3v) is 4.82. The van der Waals surface area contributed by atoms with Gasteiger partial charge in [-0.2, -0.15) is 0 Å². The summed E-state index contributed by atoms with van der Waals surface area (Å²) in [6.07, 6.45) is 8.00. The van der Waals surface area contributed by atoms with Gasteiger partial charge in [-0.05, 0) is 36.7 Å². The van der Waals surface area contributed by atoms with Crippen molar-refractivity contribution in [1.29, 1.82) is 0 Å². The minimum absolute atomic E-state index is 0.00398. The van der Waals surface area contributed by atoms with E-state index in [4.69, 9.17) is 4.42 Å². The number of carbonyl (C=O) groups excluding carboxylic acids is 1. The minimum Gasteiger partial charge on any atom is -0.461 e. The van der Waals surface area contributed by atoms with Gasteiger partial charge in [-0.3, -0.25) is 4.79 Å². The second kappa shape index (κ2) is 3.34. The van der Waals surface area contributed by atoms with Crippen molar-refractivity contribution in [3.8, 4) is 0 Å². The van der Waals surface area contributed by atoms with Gasteiger partial charge in [-0.25, -0.2) is 0 Å². The number of allylic oxidation sites excluding steroid dienone is 2. The molecule has 0 bridgehead atoms. The van der Waals surface area contributed by atoms with Gasteiger partial charge in [0.05, 0.1) is 6.26 Å². The zero-order valence-corrected chi connectivity index (χ0v) is 10.6. The summed E-state index contributed by atoms with van der Waals surface area (Å²) in [7, 11) is 0. The van der Waals surface area contributed by atoms with Crippen molar-refractivity contribution in [2.75, 3.05) is 0 Å². The van der Waals surface area contributed by atoms with Crippen molar-refractivity contribution in [1.82, 2.24) is 0 Å². The number of hydrogen-bond acceptors (Lipinski definition) is 2. The van der Waals surface area contributed by atoms with Crippen LogP contribution in [-0.4, -0.2) is 5.78 Å². The largest absolute Gasteiger partial charge is 0.461 e. The Morgan fingerprint density at radius 2 is 2.24 bits per heavy atom. The molecule has 1 aromatic heterocycles. The molecular weight excluding hydrogens is 212 g/mol. The lowest BCUT2D eigenvalue weighted by molar-refractivity contribution is 0.0618. The Morgan fingerprint density at radius 3 is 3.00 bits per heavy atom. The second-order valence-corrected chi connectivity index (χ2v) is 5.82. The summed E-state index contributed by atoms with van der Waals surface area (Å²) in [5, 5.41) is 0. The molecule has 0 aromatic carbocycles. The van der Waals surface area contributed by atoms with E-state index in [-0.39, 0.29) is 17.1 Å². The molecule has 17 heavy (non-hydrogen) atoms. The van der Waals surface area contributed by atoms with E-state index in [1.807, 2.05) is 6.92 Å². The van der Waals surface area contributed by atoms with E-state index >= 15 is 0 Å². The Morgan fingerprint density at radius 1 is 1.47 bits per heavy atom. The van der Waals surface area contributed by atoms with Gasteiger partial charge in [0.25, 0.3) is 0 Å². The Balaban J connectivity index is 2.17. The van der Waals surface area contributed by atoms with Crippen LogP contribution in [0.2, 0.25) is 0 Å². The van der Waals surface area contributed by atoms with Crippen LogP contribution in [0.25, 0.3) is 0 Å². The number of furan rings is 1. The fraction of sp³-hybridized carbons (Fsp3) is 0.533. The van der Waals surface area contributed by atoms with Gasteiger partial charge in [-0.15, -0.1) is 0 Å². The normalized spacial score (nSPS) is 35.6. The third-order valence-electron chi connectivity index (χ3n) is 4.82. The molecule has 0 spiro atoms. The number of rotatable bonds is 0.